The summed E-state index contributed by atoms with van der Waals surface area (Å²) in [6.45, 7) is 3.76. The molecule has 0 aromatic heterocycles. The van der Waals surface area contributed by atoms with Gasteiger partial charge >= 0.3 is 0 Å². The summed E-state index contributed by atoms with van der Waals surface area (Å²) in [5, 5.41) is 3.10. The lowest BCUT2D eigenvalue weighted by atomic mass is 9.99. The Balaban J connectivity index is 2.38. The van der Waals surface area contributed by atoms with Gasteiger partial charge in [-0.3, -0.25) is 0 Å². The number of rotatable bonds is 4. The fourth-order valence-corrected chi connectivity index (χ4v) is 1.96. The molecule has 0 aliphatic carbocycles. The highest BCUT2D eigenvalue weighted by Crippen LogP contribution is 2.31. The van der Waals surface area contributed by atoms with Crippen LogP contribution in [0.4, 0.5) is 0 Å². The Bertz CT molecular complexity index is 547. The minimum atomic E-state index is -0.207. The summed E-state index contributed by atoms with van der Waals surface area (Å²) >= 11 is 0. The molecule has 1 aliphatic heterocycles. The van der Waals surface area contributed by atoms with Gasteiger partial charge in [0.2, 0.25) is 0 Å². The van der Waals surface area contributed by atoms with Crippen LogP contribution in [-0.2, 0) is 0 Å². The van der Waals surface area contributed by atoms with Gasteiger partial charge in [0.25, 0.3) is 0 Å². The van der Waals surface area contributed by atoms with Gasteiger partial charge in [0.1, 0.15) is 6.17 Å². The number of nitrogens with two attached hydrogens (primary N) is 1. The molecule has 0 saturated carbocycles. The van der Waals surface area contributed by atoms with Crippen molar-refractivity contribution in [1.29, 1.82) is 0 Å². The van der Waals surface area contributed by atoms with Crippen molar-refractivity contribution < 1.29 is 9.47 Å². The van der Waals surface area contributed by atoms with Crippen LogP contribution in [0.25, 0.3) is 5.57 Å². The predicted octanol–water partition coefficient (Wildman–Crippen LogP) is 2.05. The zero-order valence-electron chi connectivity index (χ0n) is 11.1. The highest BCUT2D eigenvalue weighted by molar-refractivity contribution is 5.77. The van der Waals surface area contributed by atoms with E-state index < -0.39 is 0 Å². The summed E-state index contributed by atoms with van der Waals surface area (Å²) in [6.07, 6.45) is 5.45. The molecule has 1 unspecified atom stereocenters. The maximum Gasteiger partial charge on any atom is 0.161 e. The minimum absolute atomic E-state index is 0.207. The third-order valence-electron chi connectivity index (χ3n) is 3.05. The lowest BCUT2D eigenvalue weighted by Crippen LogP contribution is -2.37. The number of ether oxygens (including phenoxy) is 2. The van der Waals surface area contributed by atoms with Crippen LogP contribution in [-0.4, -0.2) is 20.4 Å². The number of hydrogen-bond acceptors (Lipinski definition) is 4. The standard InChI is InChI=1S/C15H18N2O2/c1-4-10-7-12(9-17-15(10)16)11-5-6-13(18-2)14(8-11)19-3/h4-9,15,17H,1,16H2,2-3H3. The Kier molecular flexibility index (Phi) is 3.92. The van der Waals surface area contributed by atoms with E-state index in [9.17, 15) is 0 Å². The second-order valence-electron chi connectivity index (χ2n) is 4.16. The molecule has 0 saturated heterocycles. The number of methoxy groups -OCH3 is 2. The average molecular weight is 258 g/mol. The second-order valence-corrected chi connectivity index (χ2v) is 4.16. The first-order chi connectivity index (χ1) is 9.19. The zero-order chi connectivity index (χ0) is 13.8. The van der Waals surface area contributed by atoms with Crippen molar-refractivity contribution in [1.82, 2.24) is 5.32 Å². The molecule has 0 amide bonds. The van der Waals surface area contributed by atoms with Crippen molar-refractivity contribution >= 4 is 5.57 Å². The molecular formula is C15H18N2O2. The molecular weight excluding hydrogens is 240 g/mol. The number of benzene rings is 1. The van der Waals surface area contributed by atoms with Crippen LogP contribution >= 0.6 is 0 Å². The second kappa shape index (κ2) is 5.63. The van der Waals surface area contributed by atoms with E-state index in [1.54, 1.807) is 20.3 Å². The zero-order valence-corrected chi connectivity index (χ0v) is 11.1. The molecule has 1 aromatic carbocycles. The van der Waals surface area contributed by atoms with E-state index in [0.29, 0.717) is 11.5 Å². The molecule has 4 heteroatoms. The van der Waals surface area contributed by atoms with Crippen molar-refractivity contribution in [3.8, 4) is 11.5 Å². The quantitative estimate of drug-likeness (QED) is 0.867. The Labute approximate surface area is 113 Å². The van der Waals surface area contributed by atoms with Crippen LogP contribution in [0.2, 0.25) is 0 Å². The van der Waals surface area contributed by atoms with Gasteiger partial charge in [-0.2, -0.15) is 0 Å². The highest BCUT2D eigenvalue weighted by Gasteiger charge is 2.13. The van der Waals surface area contributed by atoms with Gasteiger partial charge < -0.3 is 20.5 Å². The van der Waals surface area contributed by atoms with Gasteiger partial charge in [0, 0.05) is 6.20 Å². The van der Waals surface area contributed by atoms with Crippen LogP contribution in [0.15, 0.2) is 48.7 Å². The predicted molar refractivity (Wildman–Crippen MR) is 76.9 cm³/mol. The maximum atomic E-state index is 5.89. The number of allylic oxidation sites excluding steroid dienone is 2. The average Bonchev–Trinajstić information content (AvgIpc) is 2.47. The fraction of sp³-hybridized carbons (Fsp3) is 0.200. The van der Waals surface area contributed by atoms with Gasteiger partial charge in [-0.1, -0.05) is 18.7 Å². The third-order valence-corrected chi connectivity index (χ3v) is 3.05. The summed E-state index contributed by atoms with van der Waals surface area (Å²) < 4.78 is 10.5. The Morgan fingerprint density at radius 1 is 1.26 bits per heavy atom. The summed E-state index contributed by atoms with van der Waals surface area (Å²) in [7, 11) is 3.24. The maximum absolute atomic E-state index is 5.89. The summed E-state index contributed by atoms with van der Waals surface area (Å²) in [6, 6.07) is 5.79. The Morgan fingerprint density at radius 3 is 2.63 bits per heavy atom. The normalized spacial score (nSPS) is 17.9. The molecule has 1 heterocycles. The smallest absolute Gasteiger partial charge is 0.161 e. The van der Waals surface area contributed by atoms with E-state index in [4.69, 9.17) is 15.2 Å². The van der Waals surface area contributed by atoms with Crippen LogP contribution in [0.1, 0.15) is 5.56 Å². The van der Waals surface area contributed by atoms with E-state index >= 15 is 0 Å². The first-order valence-corrected chi connectivity index (χ1v) is 5.98. The lowest BCUT2D eigenvalue weighted by Gasteiger charge is -2.20. The summed E-state index contributed by atoms with van der Waals surface area (Å²) in [5.74, 6) is 1.41. The van der Waals surface area contributed by atoms with E-state index in [-0.39, 0.29) is 6.17 Å². The molecule has 4 nitrogen and oxygen atoms in total. The monoisotopic (exact) mass is 258 g/mol. The molecule has 0 spiro atoms. The fourth-order valence-electron chi connectivity index (χ4n) is 1.96. The van der Waals surface area contributed by atoms with Gasteiger partial charge in [-0.15, -0.1) is 0 Å². The van der Waals surface area contributed by atoms with E-state index in [0.717, 1.165) is 16.7 Å². The molecule has 0 fully saturated rings. The summed E-state index contributed by atoms with van der Waals surface area (Å²) in [5.41, 5.74) is 8.89. The molecule has 1 atom stereocenters. The van der Waals surface area contributed by atoms with Crippen LogP contribution < -0.4 is 20.5 Å². The molecule has 100 valence electrons. The number of hydrogen-bond donors (Lipinski definition) is 2. The highest BCUT2D eigenvalue weighted by atomic mass is 16.5. The molecule has 1 aliphatic rings. The van der Waals surface area contributed by atoms with Crippen LogP contribution in [0.5, 0.6) is 11.5 Å². The molecule has 0 bridgehead atoms. The van der Waals surface area contributed by atoms with Gasteiger partial charge in [0.15, 0.2) is 11.5 Å². The van der Waals surface area contributed by atoms with Crippen molar-refractivity contribution in [2.75, 3.05) is 14.2 Å². The SMILES string of the molecule is C=CC1=CC(c2ccc(OC)c(OC)c2)=CNC1N. The molecule has 2 rings (SSSR count). The van der Waals surface area contributed by atoms with E-state index in [2.05, 4.69) is 11.9 Å². The molecule has 19 heavy (non-hydrogen) atoms. The first kappa shape index (κ1) is 13.2. The number of nitrogens with one attached hydrogen (secondary N) is 1. The molecule has 0 radical (unpaired) electrons. The molecule has 3 N–H and O–H groups in total. The lowest BCUT2D eigenvalue weighted by molar-refractivity contribution is 0.355. The van der Waals surface area contributed by atoms with Gasteiger partial charge in [0.05, 0.1) is 14.2 Å². The Hall–Kier alpha value is -2.20. The van der Waals surface area contributed by atoms with E-state index in [1.165, 1.54) is 0 Å². The number of dihydropyridines is 1. The van der Waals surface area contributed by atoms with Crippen molar-refractivity contribution in [2.24, 2.45) is 5.73 Å². The largest absolute Gasteiger partial charge is 0.493 e. The minimum Gasteiger partial charge on any atom is -0.493 e. The van der Waals surface area contributed by atoms with Crippen LogP contribution in [0.3, 0.4) is 0 Å². The third kappa shape index (κ3) is 2.63. The van der Waals surface area contributed by atoms with Crippen LogP contribution in [0, 0.1) is 0 Å². The van der Waals surface area contributed by atoms with Crippen molar-refractivity contribution in [3.05, 3.63) is 54.3 Å². The Morgan fingerprint density at radius 2 is 2.00 bits per heavy atom. The molecule has 1 aromatic rings. The van der Waals surface area contributed by atoms with Gasteiger partial charge in [-0.05, 0) is 34.9 Å². The van der Waals surface area contributed by atoms with Crippen molar-refractivity contribution in [3.63, 3.8) is 0 Å². The topological polar surface area (TPSA) is 56.5 Å². The van der Waals surface area contributed by atoms with Crippen molar-refractivity contribution in [2.45, 2.75) is 6.17 Å². The van der Waals surface area contributed by atoms with Gasteiger partial charge in [-0.25, -0.2) is 0 Å². The first-order valence-electron chi connectivity index (χ1n) is 5.98. The van der Waals surface area contributed by atoms with E-state index in [1.807, 2.05) is 30.5 Å². The summed E-state index contributed by atoms with van der Waals surface area (Å²) in [4.78, 5) is 0.